The molecule has 1 aliphatic rings. The van der Waals surface area contributed by atoms with Crippen molar-refractivity contribution in [2.24, 2.45) is 5.41 Å². The van der Waals surface area contributed by atoms with Gasteiger partial charge in [-0.2, -0.15) is 5.26 Å². The molecule has 4 nitrogen and oxygen atoms in total. The zero-order valence-corrected chi connectivity index (χ0v) is 10.5. The van der Waals surface area contributed by atoms with Crippen molar-refractivity contribution in [3.05, 3.63) is 29.3 Å². The molecule has 1 fully saturated rings. The fourth-order valence-electron chi connectivity index (χ4n) is 1.94. The van der Waals surface area contributed by atoms with Gasteiger partial charge in [-0.1, -0.05) is 0 Å². The predicted molar refractivity (Wildman–Crippen MR) is 65.5 cm³/mol. The summed E-state index contributed by atoms with van der Waals surface area (Å²) >= 11 is 0. The first-order valence-corrected chi connectivity index (χ1v) is 5.90. The van der Waals surface area contributed by atoms with Gasteiger partial charge < -0.3 is 9.47 Å². The number of nitriles is 1. The lowest BCUT2D eigenvalue weighted by molar-refractivity contribution is -0.0566. The van der Waals surface area contributed by atoms with Crippen molar-refractivity contribution in [2.45, 2.75) is 13.8 Å². The number of ketones is 1. The summed E-state index contributed by atoms with van der Waals surface area (Å²) in [5, 5.41) is 9.10. The van der Waals surface area contributed by atoms with Crippen molar-refractivity contribution < 1.29 is 14.3 Å². The number of hydrogen-bond donors (Lipinski definition) is 0. The second-order valence-electron chi connectivity index (χ2n) is 4.43. The van der Waals surface area contributed by atoms with E-state index in [0.29, 0.717) is 12.2 Å². The zero-order valence-electron chi connectivity index (χ0n) is 10.5. The van der Waals surface area contributed by atoms with Crippen LogP contribution in [-0.4, -0.2) is 25.6 Å². The Kier molecular flexibility index (Phi) is 3.35. The van der Waals surface area contributed by atoms with Crippen molar-refractivity contribution in [3.8, 4) is 11.8 Å². The molecule has 0 unspecified atom stereocenters. The number of carbonyl (C=O) groups is 1. The smallest absolute Gasteiger partial charge is 0.187 e. The molecule has 0 aliphatic carbocycles. The summed E-state index contributed by atoms with van der Waals surface area (Å²) in [6.45, 7) is 4.76. The minimum absolute atomic E-state index is 0.164. The molecule has 94 valence electrons. The molecule has 2 rings (SSSR count). The maximum absolute atomic E-state index is 12.3. The van der Waals surface area contributed by atoms with Crippen molar-refractivity contribution in [3.63, 3.8) is 0 Å². The molecule has 0 bridgehead atoms. The van der Waals surface area contributed by atoms with Gasteiger partial charge in [-0.25, -0.2) is 0 Å². The normalized spacial score (nSPS) is 16.5. The molecule has 0 atom stereocenters. The molecule has 0 saturated carbocycles. The summed E-state index contributed by atoms with van der Waals surface area (Å²) in [7, 11) is 0. The molecule has 0 aromatic heterocycles. The third-order valence-electron chi connectivity index (χ3n) is 3.08. The van der Waals surface area contributed by atoms with E-state index >= 15 is 0 Å². The Balaban J connectivity index is 2.27. The number of nitrogens with zero attached hydrogens (tertiary/aromatic N) is 1. The monoisotopic (exact) mass is 245 g/mol. The summed E-state index contributed by atoms with van der Waals surface area (Å²) in [6, 6.07) is 7.32. The first kappa shape index (κ1) is 12.6. The van der Waals surface area contributed by atoms with Gasteiger partial charge >= 0.3 is 0 Å². The Morgan fingerprint density at radius 1 is 1.56 bits per heavy atom. The molecule has 0 radical (unpaired) electrons. The minimum Gasteiger partial charge on any atom is -0.494 e. The third kappa shape index (κ3) is 1.98. The van der Waals surface area contributed by atoms with Crippen molar-refractivity contribution >= 4 is 5.78 Å². The highest BCUT2D eigenvalue weighted by Gasteiger charge is 2.46. The summed E-state index contributed by atoms with van der Waals surface area (Å²) < 4.78 is 10.4. The first-order valence-electron chi connectivity index (χ1n) is 5.90. The molecule has 18 heavy (non-hydrogen) atoms. The van der Waals surface area contributed by atoms with Crippen LogP contribution in [0.25, 0.3) is 0 Å². The van der Waals surface area contributed by atoms with Gasteiger partial charge in [-0.15, -0.1) is 0 Å². The number of benzene rings is 1. The van der Waals surface area contributed by atoms with E-state index in [1.165, 1.54) is 0 Å². The van der Waals surface area contributed by atoms with E-state index in [2.05, 4.69) is 6.07 Å². The number of hydrogen-bond acceptors (Lipinski definition) is 4. The summed E-state index contributed by atoms with van der Waals surface area (Å²) in [6.07, 6.45) is 0. The van der Waals surface area contributed by atoms with Gasteiger partial charge in [0.15, 0.2) is 11.2 Å². The van der Waals surface area contributed by atoms with Crippen LogP contribution in [0.2, 0.25) is 0 Å². The van der Waals surface area contributed by atoms with Crippen LogP contribution in [0.4, 0.5) is 0 Å². The van der Waals surface area contributed by atoms with Gasteiger partial charge in [-0.3, -0.25) is 4.79 Å². The molecule has 0 N–H and O–H groups in total. The van der Waals surface area contributed by atoms with Crippen molar-refractivity contribution in [1.82, 2.24) is 0 Å². The number of aryl methyl sites for hydroxylation is 1. The van der Waals surface area contributed by atoms with Gasteiger partial charge in [-0.05, 0) is 37.6 Å². The Bertz CT molecular complexity index is 512. The minimum atomic E-state index is -0.987. The van der Waals surface area contributed by atoms with E-state index in [1.807, 2.05) is 13.8 Å². The van der Waals surface area contributed by atoms with E-state index in [-0.39, 0.29) is 19.0 Å². The first-order chi connectivity index (χ1) is 8.63. The maximum Gasteiger partial charge on any atom is 0.187 e. The number of ether oxygens (including phenoxy) is 2. The standard InChI is InChI=1S/C14H15NO3/c1-3-18-12-5-4-11(6-10(12)2)13(16)14(7-15)8-17-9-14/h4-6H,3,8-9H2,1-2H3. The highest BCUT2D eigenvalue weighted by atomic mass is 16.5. The second-order valence-corrected chi connectivity index (χ2v) is 4.43. The summed E-state index contributed by atoms with van der Waals surface area (Å²) in [5.74, 6) is 0.604. The van der Waals surface area contributed by atoms with E-state index in [1.54, 1.807) is 18.2 Å². The Hall–Kier alpha value is -1.86. The lowest BCUT2D eigenvalue weighted by Crippen LogP contribution is -2.47. The second kappa shape index (κ2) is 4.79. The number of carbonyl (C=O) groups excluding carboxylic acids is 1. The van der Waals surface area contributed by atoms with Crippen molar-refractivity contribution in [1.29, 1.82) is 5.26 Å². The van der Waals surface area contributed by atoms with Gasteiger partial charge in [0.25, 0.3) is 0 Å². The molecule has 1 heterocycles. The highest BCUT2D eigenvalue weighted by molar-refractivity contribution is 6.03. The maximum atomic E-state index is 12.3. The molecule has 1 aromatic carbocycles. The van der Waals surface area contributed by atoms with Gasteiger partial charge in [0.1, 0.15) is 5.75 Å². The van der Waals surface area contributed by atoms with Gasteiger partial charge in [0.05, 0.1) is 25.9 Å². The molecule has 1 saturated heterocycles. The van der Waals surface area contributed by atoms with E-state index in [9.17, 15) is 4.79 Å². The average molecular weight is 245 g/mol. The summed E-state index contributed by atoms with van der Waals surface area (Å²) in [5.41, 5.74) is 0.455. The zero-order chi connectivity index (χ0) is 13.2. The molecule has 1 aromatic rings. The van der Waals surface area contributed by atoms with Crippen LogP contribution >= 0.6 is 0 Å². The largest absolute Gasteiger partial charge is 0.494 e. The van der Waals surface area contributed by atoms with E-state index < -0.39 is 5.41 Å². The molecule has 4 heteroatoms. The Morgan fingerprint density at radius 2 is 2.28 bits per heavy atom. The fourth-order valence-corrected chi connectivity index (χ4v) is 1.94. The topological polar surface area (TPSA) is 59.3 Å². The molecular formula is C14H15NO3. The molecular weight excluding hydrogens is 230 g/mol. The fraction of sp³-hybridized carbons (Fsp3) is 0.429. The summed E-state index contributed by atoms with van der Waals surface area (Å²) in [4.78, 5) is 12.3. The Morgan fingerprint density at radius 3 is 2.72 bits per heavy atom. The van der Waals surface area contributed by atoms with Gasteiger partial charge in [0.2, 0.25) is 0 Å². The van der Waals surface area contributed by atoms with E-state index in [4.69, 9.17) is 14.7 Å². The highest BCUT2D eigenvalue weighted by Crippen LogP contribution is 2.32. The predicted octanol–water partition coefficient (Wildman–Crippen LogP) is 2.12. The van der Waals surface area contributed by atoms with Crippen LogP contribution in [0.1, 0.15) is 22.8 Å². The lowest BCUT2D eigenvalue weighted by Gasteiger charge is -2.33. The van der Waals surface area contributed by atoms with Gasteiger partial charge in [0, 0.05) is 5.56 Å². The van der Waals surface area contributed by atoms with Crippen LogP contribution in [-0.2, 0) is 4.74 Å². The molecule has 1 aliphatic heterocycles. The molecule has 0 spiro atoms. The number of Topliss-reactive ketones (excluding diaryl/α,β-unsaturated/α-hetero) is 1. The Labute approximate surface area is 106 Å². The molecule has 0 amide bonds. The third-order valence-corrected chi connectivity index (χ3v) is 3.08. The lowest BCUT2D eigenvalue weighted by atomic mass is 9.80. The van der Waals surface area contributed by atoms with Crippen LogP contribution in [0.5, 0.6) is 5.75 Å². The SMILES string of the molecule is CCOc1ccc(C(=O)C2(C#N)COC2)cc1C. The van der Waals surface area contributed by atoms with Crippen LogP contribution < -0.4 is 4.74 Å². The number of rotatable bonds is 4. The average Bonchev–Trinajstić information content (AvgIpc) is 2.31. The van der Waals surface area contributed by atoms with Crippen LogP contribution in [0, 0.1) is 23.7 Å². The van der Waals surface area contributed by atoms with Crippen LogP contribution in [0.15, 0.2) is 18.2 Å². The quantitative estimate of drug-likeness (QED) is 0.762. The van der Waals surface area contributed by atoms with Crippen molar-refractivity contribution in [2.75, 3.05) is 19.8 Å². The van der Waals surface area contributed by atoms with E-state index in [0.717, 1.165) is 11.3 Å². The van der Waals surface area contributed by atoms with Crippen LogP contribution in [0.3, 0.4) is 0 Å².